The molecule has 0 saturated carbocycles. The summed E-state index contributed by atoms with van der Waals surface area (Å²) in [5.41, 5.74) is 3.26. The standard InChI is InChI=1S/C11H15N3OS/c1-12-14-11-6-5-9(8-13-11)10(15)4-3-7-16-2/h5-6,8H,1,3-4,7H2,2H3,(H,13,14). The summed E-state index contributed by atoms with van der Waals surface area (Å²) in [6.07, 6.45) is 5.09. The molecule has 1 aromatic rings. The average Bonchev–Trinajstić information content (AvgIpc) is 2.30. The van der Waals surface area contributed by atoms with Gasteiger partial charge in [0.25, 0.3) is 0 Å². The van der Waals surface area contributed by atoms with E-state index in [1.54, 1.807) is 30.1 Å². The first-order valence-electron chi connectivity index (χ1n) is 4.98. The first-order chi connectivity index (χ1) is 7.77. The molecule has 4 nitrogen and oxygen atoms in total. The van der Waals surface area contributed by atoms with E-state index in [1.165, 1.54) is 0 Å². The highest BCUT2D eigenvalue weighted by Gasteiger charge is 2.05. The van der Waals surface area contributed by atoms with Crippen LogP contribution in [0.15, 0.2) is 23.4 Å². The van der Waals surface area contributed by atoms with Crippen molar-refractivity contribution < 1.29 is 4.79 Å². The van der Waals surface area contributed by atoms with Crippen LogP contribution in [0.3, 0.4) is 0 Å². The van der Waals surface area contributed by atoms with E-state index in [4.69, 9.17) is 0 Å². The average molecular weight is 237 g/mol. The monoisotopic (exact) mass is 237 g/mol. The molecular weight excluding hydrogens is 222 g/mol. The highest BCUT2D eigenvalue weighted by atomic mass is 32.2. The van der Waals surface area contributed by atoms with E-state index >= 15 is 0 Å². The number of ketones is 1. The molecule has 1 rings (SSSR count). The van der Waals surface area contributed by atoms with Crippen molar-refractivity contribution >= 4 is 30.1 Å². The number of hydrazone groups is 1. The third-order valence-corrected chi connectivity index (χ3v) is 2.73. The lowest BCUT2D eigenvalue weighted by atomic mass is 10.1. The molecule has 1 aromatic heterocycles. The smallest absolute Gasteiger partial charge is 0.164 e. The number of carbonyl (C=O) groups is 1. The third-order valence-electron chi connectivity index (χ3n) is 2.03. The van der Waals surface area contributed by atoms with Crippen LogP contribution in [0.25, 0.3) is 0 Å². The molecule has 0 fully saturated rings. The maximum atomic E-state index is 11.7. The Balaban J connectivity index is 2.52. The SMILES string of the molecule is C=NNc1ccc(C(=O)CCCSC)cn1. The summed E-state index contributed by atoms with van der Waals surface area (Å²) in [5.74, 6) is 1.74. The topological polar surface area (TPSA) is 54.4 Å². The molecular formula is C11H15N3OS. The second kappa shape index (κ2) is 7.00. The number of rotatable bonds is 7. The molecule has 0 atom stereocenters. The maximum Gasteiger partial charge on any atom is 0.164 e. The largest absolute Gasteiger partial charge is 0.294 e. The van der Waals surface area contributed by atoms with Gasteiger partial charge < -0.3 is 0 Å². The Labute approximate surface area is 99.5 Å². The van der Waals surface area contributed by atoms with Gasteiger partial charge in [0, 0.05) is 24.9 Å². The molecule has 0 aliphatic rings. The number of nitrogens with zero attached hydrogens (tertiary/aromatic N) is 2. The van der Waals surface area contributed by atoms with Gasteiger partial charge in [-0.3, -0.25) is 10.2 Å². The van der Waals surface area contributed by atoms with Crippen molar-refractivity contribution in [2.45, 2.75) is 12.8 Å². The summed E-state index contributed by atoms with van der Waals surface area (Å²) in [7, 11) is 0. The van der Waals surface area contributed by atoms with Gasteiger partial charge in [-0.1, -0.05) is 0 Å². The van der Waals surface area contributed by atoms with Crippen LogP contribution in [0.1, 0.15) is 23.2 Å². The quantitative estimate of drug-likeness (QED) is 0.342. The van der Waals surface area contributed by atoms with Crippen molar-refractivity contribution in [3.63, 3.8) is 0 Å². The number of Topliss-reactive ketones (excluding diaryl/α,β-unsaturated/α-hetero) is 1. The van der Waals surface area contributed by atoms with E-state index in [0.29, 0.717) is 17.8 Å². The summed E-state index contributed by atoms with van der Waals surface area (Å²) in [6, 6.07) is 3.47. The van der Waals surface area contributed by atoms with Crippen LogP contribution in [0.4, 0.5) is 5.82 Å². The number of pyridine rings is 1. The number of anilines is 1. The number of hydrogen-bond donors (Lipinski definition) is 1. The van der Waals surface area contributed by atoms with Crippen LogP contribution in [0, 0.1) is 0 Å². The second-order valence-corrected chi connectivity index (χ2v) is 4.21. The molecule has 0 aliphatic carbocycles. The number of nitrogens with one attached hydrogen (secondary N) is 1. The Hall–Kier alpha value is -1.36. The summed E-state index contributed by atoms with van der Waals surface area (Å²) in [6.45, 7) is 3.29. The van der Waals surface area contributed by atoms with Crippen LogP contribution in [-0.2, 0) is 0 Å². The molecule has 0 amide bonds. The molecule has 0 aliphatic heterocycles. The zero-order valence-corrected chi connectivity index (χ0v) is 10.1. The van der Waals surface area contributed by atoms with Crippen LogP contribution >= 0.6 is 11.8 Å². The van der Waals surface area contributed by atoms with Crippen LogP contribution < -0.4 is 5.43 Å². The first-order valence-corrected chi connectivity index (χ1v) is 6.37. The third kappa shape index (κ3) is 4.02. The van der Waals surface area contributed by atoms with E-state index < -0.39 is 0 Å². The van der Waals surface area contributed by atoms with Crippen LogP contribution in [0.2, 0.25) is 0 Å². The summed E-state index contributed by atoms with van der Waals surface area (Å²) < 4.78 is 0. The second-order valence-electron chi connectivity index (χ2n) is 3.22. The van der Waals surface area contributed by atoms with Crippen molar-refractivity contribution in [2.75, 3.05) is 17.4 Å². The van der Waals surface area contributed by atoms with Crippen LogP contribution in [-0.4, -0.2) is 29.5 Å². The van der Waals surface area contributed by atoms with Gasteiger partial charge in [0.2, 0.25) is 0 Å². The van der Waals surface area contributed by atoms with Crippen molar-refractivity contribution in [1.82, 2.24) is 4.98 Å². The molecule has 0 spiro atoms. The highest BCUT2D eigenvalue weighted by molar-refractivity contribution is 7.98. The molecule has 16 heavy (non-hydrogen) atoms. The molecule has 1 N–H and O–H groups in total. The zero-order valence-electron chi connectivity index (χ0n) is 9.27. The Morgan fingerprint density at radius 3 is 3.00 bits per heavy atom. The van der Waals surface area contributed by atoms with Gasteiger partial charge in [-0.15, -0.1) is 0 Å². The molecule has 86 valence electrons. The minimum absolute atomic E-state index is 0.139. The number of carbonyl (C=O) groups excluding carboxylic acids is 1. The van der Waals surface area contributed by atoms with E-state index in [0.717, 1.165) is 12.2 Å². The Morgan fingerprint density at radius 1 is 1.62 bits per heavy atom. The van der Waals surface area contributed by atoms with Crippen molar-refractivity contribution in [3.05, 3.63) is 23.9 Å². The molecule has 0 aromatic carbocycles. The Morgan fingerprint density at radius 2 is 2.44 bits per heavy atom. The number of hydrogen-bond acceptors (Lipinski definition) is 5. The van der Waals surface area contributed by atoms with E-state index in [1.807, 2.05) is 6.26 Å². The zero-order chi connectivity index (χ0) is 11.8. The van der Waals surface area contributed by atoms with Gasteiger partial charge in [-0.2, -0.15) is 16.9 Å². The maximum absolute atomic E-state index is 11.7. The minimum Gasteiger partial charge on any atom is -0.294 e. The predicted octanol–water partition coefficient (Wildman–Crippen LogP) is 2.44. The molecule has 0 saturated heterocycles. The summed E-state index contributed by atoms with van der Waals surface area (Å²) in [5, 5.41) is 3.49. The molecule has 0 unspecified atom stereocenters. The van der Waals surface area contributed by atoms with Crippen molar-refractivity contribution in [2.24, 2.45) is 5.10 Å². The lowest BCUT2D eigenvalue weighted by Crippen LogP contribution is -2.01. The van der Waals surface area contributed by atoms with Gasteiger partial charge in [0.15, 0.2) is 5.78 Å². The lowest BCUT2D eigenvalue weighted by molar-refractivity contribution is 0.0982. The van der Waals surface area contributed by atoms with Crippen LogP contribution in [0.5, 0.6) is 0 Å². The number of thioether (sulfide) groups is 1. The van der Waals surface area contributed by atoms with Gasteiger partial charge in [-0.25, -0.2) is 4.98 Å². The molecule has 0 radical (unpaired) electrons. The van der Waals surface area contributed by atoms with Gasteiger partial charge >= 0.3 is 0 Å². The summed E-state index contributed by atoms with van der Waals surface area (Å²) >= 11 is 1.75. The van der Waals surface area contributed by atoms with E-state index in [9.17, 15) is 4.79 Å². The predicted molar refractivity (Wildman–Crippen MR) is 69.4 cm³/mol. The van der Waals surface area contributed by atoms with Gasteiger partial charge in [-0.05, 0) is 30.6 Å². The fraction of sp³-hybridized carbons (Fsp3) is 0.364. The highest BCUT2D eigenvalue weighted by Crippen LogP contribution is 2.09. The van der Waals surface area contributed by atoms with E-state index in [-0.39, 0.29) is 5.78 Å². The van der Waals surface area contributed by atoms with Gasteiger partial charge in [0.1, 0.15) is 5.82 Å². The minimum atomic E-state index is 0.139. The number of aromatic nitrogens is 1. The normalized spacial score (nSPS) is 9.81. The van der Waals surface area contributed by atoms with Crippen molar-refractivity contribution in [3.8, 4) is 0 Å². The Kier molecular flexibility index (Phi) is 5.56. The fourth-order valence-corrected chi connectivity index (χ4v) is 1.66. The Bertz CT molecular complexity index is 351. The first kappa shape index (κ1) is 12.7. The lowest BCUT2D eigenvalue weighted by Gasteiger charge is -2.02. The van der Waals surface area contributed by atoms with Gasteiger partial charge in [0.05, 0.1) is 0 Å². The molecule has 5 heteroatoms. The molecule has 0 bridgehead atoms. The molecule has 1 heterocycles. The fourth-order valence-electron chi connectivity index (χ4n) is 1.23. The van der Waals surface area contributed by atoms with Crippen molar-refractivity contribution in [1.29, 1.82) is 0 Å². The van der Waals surface area contributed by atoms with E-state index in [2.05, 4.69) is 22.2 Å². The summed E-state index contributed by atoms with van der Waals surface area (Å²) in [4.78, 5) is 15.7.